The Morgan fingerprint density at radius 3 is 2.54 bits per heavy atom. The number of thioether (sulfide) groups is 1. The van der Waals surface area contributed by atoms with E-state index in [4.69, 9.17) is 0 Å². The average molecular weight is 201 g/mol. The zero-order valence-corrected chi connectivity index (χ0v) is 10.0. The van der Waals surface area contributed by atoms with E-state index in [2.05, 4.69) is 25.4 Å². The lowest BCUT2D eigenvalue weighted by molar-refractivity contribution is 0.340. The summed E-state index contributed by atoms with van der Waals surface area (Å²) >= 11 is 1.95. The highest BCUT2D eigenvalue weighted by Crippen LogP contribution is 2.39. The van der Waals surface area contributed by atoms with Crippen LogP contribution < -0.4 is 5.32 Å². The minimum atomic E-state index is 0.402. The van der Waals surface area contributed by atoms with E-state index in [0.29, 0.717) is 5.54 Å². The van der Waals surface area contributed by atoms with E-state index in [1.165, 1.54) is 38.0 Å². The van der Waals surface area contributed by atoms with Crippen LogP contribution in [-0.2, 0) is 0 Å². The first kappa shape index (κ1) is 11.4. The maximum atomic E-state index is 3.67. The molecule has 2 heteroatoms. The molecule has 78 valence electrons. The Hall–Kier alpha value is 0.310. The molecular weight excluding hydrogens is 178 g/mol. The van der Waals surface area contributed by atoms with Gasteiger partial charge in [0.15, 0.2) is 0 Å². The van der Waals surface area contributed by atoms with Crippen LogP contribution in [0, 0.1) is 5.92 Å². The molecule has 0 aromatic heterocycles. The van der Waals surface area contributed by atoms with Crippen molar-refractivity contribution in [2.24, 2.45) is 5.92 Å². The normalized spacial score (nSPS) is 17.8. The Kier molecular flexibility index (Phi) is 4.60. The molecule has 1 aliphatic rings. The average Bonchev–Trinajstić information content (AvgIpc) is 2.86. The molecule has 0 heterocycles. The molecule has 0 aromatic rings. The van der Waals surface area contributed by atoms with Crippen molar-refractivity contribution in [2.75, 3.05) is 18.6 Å². The van der Waals surface area contributed by atoms with Crippen LogP contribution >= 0.6 is 11.8 Å². The lowest BCUT2D eigenvalue weighted by atomic mass is 9.99. The third kappa shape index (κ3) is 4.37. The van der Waals surface area contributed by atoms with Crippen molar-refractivity contribution in [3.05, 3.63) is 0 Å². The zero-order valence-electron chi connectivity index (χ0n) is 9.23. The summed E-state index contributed by atoms with van der Waals surface area (Å²) in [6.45, 7) is 5.89. The molecule has 1 N–H and O–H groups in total. The van der Waals surface area contributed by atoms with Gasteiger partial charge in [-0.3, -0.25) is 0 Å². The lowest BCUT2D eigenvalue weighted by Crippen LogP contribution is -2.41. The molecular formula is C11H23NS. The maximum Gasteiger partial charge on any atom is 0.0153 e. The van der Waals surface area contributed by atoms with Crippen LogP contribution in [0.3, 0.4) is 0 Å². The summed E-state index contributed by atoms with van der Waals surface area (Å²) in [6.07, 6.45) is 7.74. The van der Waals surface area contributed by atoms with Crippen LogP contribution in [-0.4, -0.2) is 24.1 Å². The minimum absolute atomic E-state index is 0.402. The van der Waals surface area contributed by atoms with Crippen LogP contribution in [0.2, 0.25) is 0 Å². The van der Waals surface area contributed by atoms with Gasteiger partial charge in [-0.25, -0.2) is 0 Å². The zero-order chi connectivity index (χ0) is 9.73. The molecule has 1 fully saturated rings. The van der Waals surface area contributed by atoms with E-state index in [1.807, 2.05) is 11.8 Å². The van der Waals surface area contributed by atoms with E-state index in [0.717, 1.165) is 5.92 Å². The van der Waals surface area contributed by atoms with Crippen LogP contribution in [0.5, 0.6) is 0 Å². The topological polar surface area (TPSA) is 12.0 Å². The van der Waals surface area contributed by atoms with Gasteiger partial charge in [-0.1, -0.05) is 0 Å². The fourth-order valence-corrected chi connectivity index (χ4v) is 2.22. The van der Waals surface area contributed by atoms with E-state index in [9.17, 15) is 0 Å². The van der Waals surface area contributed by atoms with Gasteiger partial charge in [-0.05, 0) is 64.0 Å². The van der Waals surface area contributed by atoms with Gasteiger partial charge in [0.2, 0.25) is 0 Å². The Bertz CT molecular complexity index is 141. The van der Waals surface area contributed by atoms with Crippen molar-refractivity contribution in [3.8, 4) is 0 Å². The second-order valence-corrected chi connectivity index (χ2v) is 5.61. The van der Waals surface area contributed by atoms with E-state index >= 15 is 0 Å². The smallest absolute Gasteiger partial charge is 0.0153 e. The quantitative estimate of drug-likeness (QED) is 0.636. The van der Waals surface area contributed by atoms with Crippen molar-refractivity contribution in [1.82, 2.24) is 5.32 Å². The molecule has 0 aromatic carbocycles. The van der Waals surface area contributed by atoms with Crippen LogP contribution in [0.25, 0.3) is 0 Å². The summed E-state index contributed by atoms with van der Waals surface area (Å²) in [5, 5.41) is 3.67. The second kappa shape index (κ2) is 5.26. The lowest BCUT2D eigenvalue weighted by Gasteiger charge is -2.26. The predicted octanol–water partition coefficient (Wildman–Crippen LogP) is 2.91. The van der Waals surface area contributed by atoms with Crippen molar-refractivity contribution in [1.29, 1.82) is 0 Å². The third-order valence-corrected chi connectivity index (χ3v) is 3.65. The molecule has 13 heavy (non-hydrogen) atoms. The number of hydrogen-bond acceptors (Lipinski definition) is 2. The van der Waals surface area contributed by atoms with Crippen molar-refractivity contribution in [3.63, 3.8) is 0 Å². The van der Waals surface area contributed by atoms with E-state index < -0.39 is 0 Å². The van der Waals surface area contributed by atoms with Gasteiger partial charge in [-0.2, -0.15) is 11.8 Å². The molecule has 1 aliphatic carbocycles. The summed E-state index contributed by atoms with van der Waals surface area (Å²) in [5.74, 6) is 2.26. The van der Waals surface area contributed by atoms with Gasteiger partial charge < -0.3 is 5.32 Å². The number of nitrogens with one attached hydrogen (secondary N) is 1. The maximum absolute atomic E-state index is 3.67. The molecule has 0 radical (unpaired) electrons. The highest BCUT2D eigenvalue weighted by atomic mass is 32.2. The molecule has 0 amide bonds. The summed E-state index contributed by atoms with van der Waals surface area (Å²) in [5.41, 5.74) is 0.402. The third-order valence-electron chi connectivity index (χ3n) is 2.95. The minimum Gasteiger partial charge on any atom is -0.312 e. The van der Waals surface area contributed by atoms with Gasteiger partial charge in [0.05, 0.1) is 0 Å². The highest BCUT2D eigenvalue weighted by molar-refractivity contribution is 7.98. The molecule has 0 saturated heterocycles. The molecule has 1 nitrogen and oxygen atoms in total. The number of unbranched alkanes of at least 4 members (excludes halogenated alkanes) is 1. The Morgan fingerprint density at radius 1 is 1.31 bits per heavy atom. The Morgan fingerprint density at radius 2 is 2.00 bits per heavy atom. The second-order valence-electron chi connectivity index (χ2n) is 4.62. The monoisotopic (exact) mass is 201 g/mol. The largest absolute Gasteiger partial charge is 0.312 e. The summed E-state index contributed by atoms with van der Waals surface area (Å²) in [4.78, 5) is 0. The number of rotatable bonds is 7. The van der Waals surface area contributed by atoms with Gasteiger partial charge >= 0.3 is 0 Å². The van der Waals surface area contributed by atoms with Crippen LogP contribution in [0.1, 0.15) is 39.5 Å². The fourth-order valence-electron chi connectivity index (χ4n) is 1.73. The van der Waals surface area contributed by atoms with Crippen molar-refractivity contribution >= 4 is 11.8 Å². The first-order valence-corrected chi connectivity index (χ1v) is 6.80. The molecule has 1 rings (SSSR count). The molecule has 0 unspecified atom stereocenters. The highest BCUT2D eigenvalue weighted by Gasteiger charge is 2.36. The van der Waals surface area contributed by atoms with Crippen LogP contribution in [0.15, 0.2) is 0 Å². The Balaban J connectivity index is 1.97. The van der Waals surface area contributed by atoms with Gasteiger partial charge in [-0.15, -0.1) is 0 Å². The summed E-state index contributed by atoms with van der Waals surface area (Å²) < 4.78 is 0. The summed E-state index contributed by atoms with van der Waals surface area (Å²) in [6, 6.07) is 0. The van der Waals surface area contributed by atoms with Crippen molar-refractivity contribution in [2.45, 2.75) is 45.1 Å². The van der Waals surface area contributed by atoms with Gasteiger partial charge in [0.25, 0.3) is 0 Å². The first-order valence-electron chi connectivity index (χ1n) is 5.41. The molecule has 0 aliphatic heterocycles. The molecule has 1 saturated carbocycles. The SMILES string of the molecule is CSCCCCNC(C)(C)C1CC1. The van der Waals surface area contributed by atoms with E-state index in [1.54, 1.807) is 0 Å². The van der Waals surface area contributed by atoms with Gasteiger partial charge in [0.1, 0.15) is 0 Å². The Labute approximate surface area is 87.1 Å². The van der Waals surface area contributed by atoms with Crippen LogP contribution in [0.4, 0.5) is 0 Å². The van der Waals surface area contributed by atoms with Gasteiger partial charge in [0, 0.05) is 5.54 Å². The van der Waals surface area contributed by atoms with Crippen molar-refractivity contribution < 1.29 is 0 Å². The standard InChI is InChI=1S/C11H23NS/c1-11(2,10-6-7-10)12-8-4-5-9-13-3/h10,12H,4-9H2,1-3H3. The van der Waals surface area contributed by atoms with E-state index in [-0.39, 0.29) is 0 Å². The summed E-state index contributed by atoms with van der Waals surface area (Å²) in [7, 11) is 0. The first-order chi connectivity index (χ1) is 6.17. The number of hydrogen-bond donors (Lipinski definition) is 1. The molecule has 0 spiro atoms. The fraction of sp³-hybridized carbons (Fsp3) is 1.00. The molecule has 0 bridgehead atoms. The molecule has 0 atom stereocenters. The predicted molar refractivity (Wildman–Crippen MR) is 62.4 cm³/mol.